The first-order chi connectivity index (χ1) is 8.58. The van der Waals surface area contributed by atoms with Crippen molar-refractivity contribution in [1.29, 1.82) is 0 Å². The number of hydrogen-bond donors (Lipinski definition) is 0. The zero-order valence-electron chi connectivity index (χ0n) is 9.34. The Morgan fingerprint density at radius 1 is 1.11 bits per heavy atom. The van der Waals surface area contributed by atoms with Gasteiger partial charge >= 0.3 is 0 Å². The molecule has 0 saturated carbocycles. The first-order valence-corrected chi connectivity index (χ1v) is 7.49. The van der Waals surface area contributed by atoms with Gasteiger partial charge in [-0.2, -0.15) is 0 Å². The molecule has 0 saturated heterocycles. The van der Waals surface area contributed by atoms with Gasteiger partial charge in [-0.25, -0.2) is 4.39 Å². The molecule has 1 unspecified atom stereocenters. The predicted octanol–water partition coefficient (Wildman–Crippen LogP) is 5.92. The molecule has 2 aromatic rings. The molecule has 0 aliphatic carbocycles. The number of alkyl halides is 1. The summed E-state index contributed by atoms with van der Waals surface area (Å²) in [5.41, 5.74) is 1.94. The van der Waals surface area contributed by atoms with Crippen LogP contribution in [0, 0.1) is 5.82 Å². The second-order valence-corrected chi connectivity index (χ2v) is 6.34. The Morgan fingerprint density at radius 2 is 1.78 bits per heavy atom. The summed E-state index contributed by atoms with van der Waals surface area (Å²) < 4.78 is 14.4. The van der Waals surface area contributed by atoms with Crippen molar-refractivity contribution in [2.45, 2.75) is 11.2 Å². The molecule has 2 aromatic carbocycles. The van der Waals surface area contributed by atoms with E-state index in [-0.39, 0.29) is 15.7 Å². The average Bonchev–Trinajstić information content (AvgIpc) is 2.35. The minimum absolute atomic E-state index is 0.00174. The summed E-state index contributed by atoms with van der Waals surface area (Å²) >= 11 is 12.9. The Hall–Kier alpha value is -0.380. The molecule has 4 heteroatoms. The molecule has 18 heavy (non-hydrogen) atoms. The minimum Gasteiger partial charge on any atom is -0.205 e. The lowest BCUT2D eigenvalue weighted by Gasteiger charge is -2.12. The molecule has 0 heterocycles. The Kier molecular flexibility index (Phi) is 4.82. The number of hydrogen-bond acceptors (Lipinski definition) is 0. The zero-order valence-corrected chi connectivity index (χ0v) is 13.3. The molecule has 1 atom stereocenters. The summed E-state index contributed by atoms with van der Waals surface area (Å²) in [4.78, 5) is 0.00174. The minimum atomic E-state index is -0.380. The van der Waals surface area contributed by atoms with Crippen molar-refractivity contribution < 1.29 is 4.39 Å². The van der Waals surface area contributed by atoms with Crippen molar-refractivity contribution in [2.75, 3.05) is 0 Å². The highest BCUT2D eigenvalue weighted by Crippen LogP contribution is 2.33. The Balaban J connectivity index is 2.19. The Bertz CT molecular complexity index is 540. The van der Waals surface area contributed by atoms with E-state index in [0.29, 0.717) is 0 Å². The molecule has 2 rings (SSSR count). The molecule has 0 N–H and O–H groups in total. The highest BCUT2D eigenvalue weighted by molar-refractivity contribution is 9.10. The average molecular weight is 392 g/mol. The SMILES string of the molecule is Fc1cccc(C(Br)Cc2ccc(Br)cc2)c1Cl. The lowest BCUT2D eigenvalue weighted by molar-refractivity contribution is 0.625. The highest BCUT2D eigenvalue weighted by atomic mass is 79.9. The summed E-state index contributed by atoms with van der Waals surface area (Å²) in [6, 6.07) is 12.9. The van der Waals surface area contributed by atoms with Crippen LogP contribution in [-0.4, -0.2) is 0 Å². The van der Waals surface area contributed by atoms with Crippen molar-refractivity contribution in [3.05, 3.63) is 68.9 Å². The Morgan fingerprint density at radius 3 is 2.44 bits per heavy atom. The molecular formula is C14H10Br2ClF. The van der Waals surface area contributed by atoms with Crippen LogP contribution < -0.4 is 0 Å². The van der Waals surface area contributed by atoms with Crippen LogP contribution >= 0.6 is 43.5 Å². The van der Waals surface area contributed by atoms with E-state index in [1.165, 1.54) is 11.6 Å². The van der Waals surface area contributed by atoms with Crippen molar-refractivity contribution >= 4 is 43.5 Å². The third-order valence-corrected chi connectivity index (χ3v) is 4.39. The lowest BCUT2D eigenvalue weighted by Crippen LogP contribution is -1.97. The molecule has 0 aliphatic rings. The lowest BCUT2D eigenvalue weighted by atomic mass is 10.0. The van der Waals surface area contributed by atoms with E-state index < -0.39 is 0 Å². The van der Waals surface area contributed by atoms with E-state index in [2.05, 4.69) is 31.9 Å². The molecule has 0 bridgehead atoms. The van der Waals surface area contributed by atoms with Crippen LogP contribution in [0.25, 0.3) is 0 Å². The maximum absolute atomic E-state index is 13.4. The second-order valence-electron chi connectivity index (χ2n) is 3.94. The fourth-order valence-electron chi connectivity index (χ4n) is 1.70. The molecule has 94 valence electrons. The maximum atomic E-state index is 13.4. The monoisotopic (exact) mass is 390 g/mol. The summed E-state index contributed by atoms with van der Waals surface area (Å²) in [7, 11) is 0. The quantitative estimate of drug-likeness (QED) is 0.569. The first-order valence-electron chi connectivity index (χ1n) is 5.40. The highest BCUT2D eigenvalue weighted by Gasteiger charge is 2.14. The third-order valence-electron chi connectivity index (χ3n) is 2.65. The molecule has 0 fully saturated rings. The fourth-order valence-corrected chi connectivity index (χ4v) is 3.11. The molecule has 0 nitrogen and oxygen atoms in total. The summed E-state index contributed by atoms with van der Waals surface area (Å²) in [6.45, 7) is 0. The first kappa shape index (κ1) is 14.0. The second kappa shape index (κ2) is 6.18. The van der Waals surface area contributed by atoms with Gasteiger partial charge in [0.05, 0.1) is 5.02 Å². The third kappa shape index (κ3) is 3.34. The van der Waals surface area contributed by atoms with Crippen LogP contribution in [0.15, 0.2) is 46.9 Å². The molecule has 0 radical (unpaired) electrons. The van der Waals surface area contributed by atoms with Gasteiger partial charge in [0.15, 0.2) is 0 Å². The summed E-state index contributed by atoms with van der Waals surface area (Å²) in [5.74, 6) is -0.380. The van der Waals surface area contributed by atoms with Gasteiger partial charge in [-0.15, -0.1) is 0 Å². The summed E-state index contributed by atoms with van der Waals surface area (Å²) in [6.07, 6.45) is 0.760. The van der Waals surface area contributed by atoms with Crippen LogP contribution in [-0.2, 0) is 6.42 Å². The van der Waals surface area contributed by atoms with E-state index in [9.17, 15) is 4.39 Å². The smallest absolute Gasteiger partial charge is 0.142 e. The van der Waals surface area contributed by atoms with Gasteiger partial charge in [-0.1, -0.05) is 67.7 Å². The standard InChI is InChI=1S/C14H10Br2ClF/c15-10-6-4-9(5-7-10)8-12(16)11-2-1-3-13(18)14(11)17/h1-7,12H,8H2. The normalized spacial score (nSPS) is 12.4. The largest absolute Gasteiger partial charge is 0.205 e. The van der Waals surface area contributed by atoms with E-state index in [4.69, 9.17) is 11.6 Å². The number of rotatable bonds is 3. The molecule has 0 spiro atoms. The van der Waals surface area contributed by atoms with E-state index in [1.807, 2.05) is 30.3 Å². The predicted molar refractivity (Wildman–Crippen MR) is 80.9 cm³/mol. The van der Waals surface area contributed by atoms with Crippen molar-refractivity contribution in [3.8, 4) is 0 Å². The van der Waals surface area contributed by atoms with Gasteiger partial charge in [0, 0.05) is 9.30 Å². The van der Waals surface area contributed by atoms with Crippen molar-refractivity contribution in [2.24, 2.45) is 0 Å². The van der Waals surface area contributed by atoms with Gasteiger partial charge in [0.25, 0.3) is 0 Å². The molecular weight excluding hydrogens is 382 g/mol. The zero-order chi connectivity index (χ0) is 13.1. The van der Waals surface area contributed by atoms with Gasteiger partial charge in [-0.05, 0) is 35.7 Å². The van der Waals surface area contributed by atoms with Crippen LogP contribution in [0.2, 0.25) is 5.02 Å². The van der Waals surface area contributed by atoms with Gasteiger partial charge in [0.1, 0.15) is 5.82 Å². The van der Waals surface area contributed by atoms with E-state index in [0.717, 1.165) is 16.5 Å². The van der Waals surface area contributed by atoms with Crippen LogP contribution in [0.1, 0.15) is 16.0 Å². The van der Waals surface area contributed by atoms with E-state index in [1.54, 1.807) is 6.07 Å². The molecule has 0 aliphatic heterocycles. The fraction of sp³-hybridized carbons (Fsp3) is 0.143. The van der Waals surface area contributed by atoms with Gasteiger partial charge in [0.2, 0.25) is 0 Å². The molecule has 0 amide bonds. The molecule has 0 aromatic heterocycles. The van der Waals surface area contributed by atoms with Crippen molar-refractivity contribution in [3.63, 3.8) is 0 Å². The van der Waals surface area contributed by atoms with Gasteiger partial charge in [-0.3, -0.25) is 0 Å². The summed E-state index contributed by atoms with van der Waals surface area (Å²) in [5, 5.41) is 0.191. The topological polar surface area (TPSA) is 0 Å². The Labute approximate surface area is 127 Å². The van der Waals surface area contributed by atoms with E-state index >= 15 is 0 Å². The van der Waals surface area contributed by atoms with Crippen LogP contribution in [0.3, 0.4) is 0 Å². The van der Waals surface area contributed by atoms with Crippen molar-refractivity contribution in [1.82, 2.24) is 0 Å². The van der Waals surface area contributed by atoms with Gasteiger partial charge < -0.3 is 0 Å². The number of halogens is 4. The van der Waals surface area contributed by atoms with Crippen LogP contribution in [0.4, 0.5) is 4.39 Å². The number of benzene rings is 2. The maximum Gasteiger partial charge on any atom is 0.142 e. The van der Waals surface area contributed by atoms with Crippen LogP contribution in [0.5, 0.6) is 0 Å².